The summed E-state index contributed by atoms with van der Waals surface area (Å²) in [6.07, 6.45) is -3.26. The molecule has 0 saturated carbocycles. The lowest BCUT2D eigenvalue weighted by atomic mass is 10.0. The first-order valence-corrected chi connectivity index (χ1v) is 5.60. The van der Waals surface area contributed by atoms with Crippen molar-refractivity contribution in [2.24, 2.45) is 0 Å². The van der Waals surface area contributed by atoms with Crippen molar-refractivity contribution in [3.05, 3.63) is 36.2 Å². The van der Waals surface area contributed by atoms with Crippen LogP contribution in [0.4, 0.5) is 13.2 Å². The third-order valence-corrected chi connectivity index (χ3v) is 2.72. The fourth-order valence-corrected chi connectivity index (χ4v) is 1.93. The molecule has 5 heteroatoms. The van der Waals surface area contributed by atoms with Gasteiger partial charge in [-0.2, -0.15) is 13.2 Å². The molecule has 0 amide bonds. The molecule has 1 aromatic carbocycles. The second-order valence-corrected chi connectivity index (χ2v) is 4.10. The van der Waals surface area contributed by atoms with E-state index in [1.165, 1.54) is 6.07 Å². The molecule has 0 fully saturated rings. The van der Waals surface area contributed by atoms with E-state index in [4.69, 9.17) is 0 Å². The van der Waals surface area contributed by atoms with Crippen molar-refractivity contribution in [3.63, 3.8) is 0 Å². The number of aryl methyl sites for hydroxylation is 1. The Labute approximate surface area is 102 Å². The van der Waals surface area contributed by atoms with Gasteiger partial charge in [-0.3, -0.25) is 4.98 Å². The van der Waals surface area contributed by atoms with E-state index >= 15 is 0 Å². The number of pyridine rings is 1. The first-order valence-electron chi connectivity index (χ1n) is 5.60. The Hall–Kier alpha value is -1.78. The molecule has 1 heterocycles. The van der Waals surface area contributed by atoms with Crippen LogP contribution in [0.1, 0.15) is 18.5 Å². The van der Waals surface area contributed by atoms with Crippen LogP contribution in [-0.4, -0.2) is 16.3 Å². The molecule has 2 rings (SSSR count). The first kappa shape index (κ1) is 12.7. The van der Waals surface area contributed by atoms with E-state index in [1.54, 1.807) is 24.4 Å². The Kier molecular flexibility index (Phi) is 3.41. The van der Waals surface area contributed by atoms with Crippen LogP contribution in [0.3, 0.4) is 0 Å². The second kappa shape index (κ2) is 4.84. The lowest BCUT2D eigenvalue weighted by molar-refractivity contribution is -0.135. The highest BCUT2D eigenvalue weighted by Crippen LogP contribution is 2.28. The van der Waals surface area contributed by atoms with Gasteiger partial charge in [-0.05, 0) is 30.4 Å². The van der Waals surface area contributed by atoms with Crippen LogP contribution in [0, 0.1) is 0 Å². The van der Waals surface area contributed by atoms with Crippen LogP contribution < -0.4 is 0 Å². The van der Waals surface area contributed by atoms with E-state index in [-0.39, 0.29) is 18.6 Å². The second-order valence-electron chi connectivity index (χ2n) is 4.10. The highest BCUT2D eigenvalue weighted by Gasteiger charge is 2.26. The Morgan fingerprint density at radius 1 is 1.17 bits per heavy atom. The van der Waals surface area contributed by atoms with E-state index in [0.717, 1.165) is 5.39 Å². The molecule has 0 spiro atoms. The lowest BCUT2D eigenvalue weighted by Crippen LogP contribution is -2.07. The molecule has 0 unspecified atom stereocenters. The zero-order chi connectivity index (χ0) is 13.2. The monoisotopic (exact) mass is 255 g/mol. The van der Waals surface area contributed by atoms with E-state index in [2.05, 4.69) is 4.98 Å². The number of hydrogen-bond donors (Lipinski definition) is 1. The van der Waals surface area contributed by atoms with Gasteiger partial charge in [-0.25, -0.2) is 0 Å². The van der Waals surface area contributed by atoms with E-state index in [9.17, 15) is 18.3 Å². The SMILES string of the molecule is Oc1cccc2ccnc(CCCC(F)(F)F)c12. The van der Waals surface area contributed by atoms with Crippen molar-refractivity contribution in [1.82, 2.24) is 4.98 Å². The highest BCUT2D eigenvalue weighted by atomic mass is 19.4. The molecule has 0 aliphatic rings. The Morgan fingerprint density at radius 2 is 1.94 bits per heavy atom. The number of phenolic OH excluding ortho intramolecular Hbond substituents is 1. The maximum Gasteiger partial charge on any atom is 0.389 e. The van der Waals surface area contributed by atoms with Crippen LogP contribution in [0.25, 0.3) is 10.8 Å². The fraction of sp³-hybridized carbons (Fsp3) is 0.308. The topological polar surface area (TPSA) is 33.1 Å². The first-order chi connectivity index (χ1) is 8.47. The number of aromatic nitrogens is 1. The van der Waals surface area contributed by atoms with E-state index in [0.29, 0.717) is 11.1 Å². The summed E-state index contributed by atoms with van der Waals surface area (Å²) in [5.74, 6) is 0.0580. The third-order valence-electron chi connectivity index (χ3n) is 2.72. The molecule has 96 valence electrons. The molecule has 1 aromatic heterocycles. The number of alkyl halides is 3. The van der Waals surface area contributed by atoms with Crippen LogP contribution >= 0.6 is 0 Å². The summed E-state index contributed by atoms with van der Waals surface area (Å²) >= 11 is 0. The summed E-state index contributed by atoms with van der Waals surface area (Å²) < 4.78 is 36.2. The van der Waals surface area contributed by atoms with Gasteiger partial charge >= 0.3 is 6.18 Å². The molecule has 0 saturated heterocycles. The number of benzene rings is 1. The molecule has 18 heavy (non-hydrogen) atoms. The molecular formula is C13H12F3NO. The number of aromatic hydroxyl groups is 1. The van der Waals surface area contributed by atoms with Gasteiger partial charge in [0.25, 0.3) is 0 Å². The minimum atomic E-state index is -4.15. The van der Waals surface area contributed by atoms with Gasteiger partial charge in [0, 0.05) is 18.0 Å². The van der Waals surface area contributed by atoms with Gasteiger partial charge in [-0.15, -0.1) is 0 Å². The van der Waals surface area contributed by atoms with Crippen molar-refractivity contribution in [1.29, 1.82) is 0 Å². The normalized spacial score (nSPS) is 11.9. The average molecular weight is 255 g/mol. The van der Waals surface area contributed by atoms with Crippen molar-refractivity contribution in [3.8, 4) is 5.75 Å². The summed E-state index contributed by atoms with van der Waals surface area (Å²) in [4.78, 5) is 4.06. The summed E-state index contributed by atoms with van der Waals surface area (Å²) in [5.41, 5.74) is 0.509. The predicted molar refractivity (Wildman–Crippen MR) is 62.4 cm³/mol. The number of phenols is 1. The standard InChI is InChI=1S/C13H12F3NO/c14-13(15,16)7-2-4-10-12-9(6-8-17-10)3-1-5-11(12)18/h1,3,5-6,8,18H,2,4,7H2. The molecule has 0 aliphatic heterocycles. The summed E-state index contributed by atoms with van der Waals surface area (Å²) in [7, 11) is 0. The molecular weight excluding hydrogens is 243 g/mol. The van der Waals surface area contributed by atoms with Crippen LogP contribution in [0.2, 0.25) is 0 Å². The third kappa shape index (κ3) is 2.91. The molecule has 0 atom stereocenters. The van der Waals surface area contributed by atoms with E-state index < -0.39 is 12.6 Å². The summed E-state index contributed by atoms with van der Waals surface area (Å²) in [5, 5.41) is 11.1. The molecule has 0 radical (unpaired) electrons. The molecule has 2 nitrogen and oxygen atoms in total. The molecule has 2 aromatic rings. The van der Waals surface area contributed by atoms with Crippen LogP contribution in [0.5, 0.6) is 5.75 Å². The maximum absolute atomic E-state index is 12.1. The smallest absolute Gasteiger partial charge is 0.389 e. The van der Waals surface area contributed by atoms with Crippen LogP contribution in [-0.2, 0) is 6.42 Å². The van der Waals surface area contributed by atoms with Gasteiger partial charge in [0.1, 0.15) is 5.75 Å². The van der Waals surface area contributed by atoms with Gasteiger partial charge in [-0.1, -0.05) is 12.1 Å². The Morgan fingerprint density at radius 3 is 2.67 bits per heavy atom. The maximum atomic E-state index is 12.1. The zero-order valence-electron chi connectivity index (χ0n) is 9.54. The zero-order valence-corrected chi connectivity index (χ0v) is 9.54. The largest absolute Gasteiger partial charge is 0.507 e. The predicted octanol–water partition coefficient (Wildman–Crippen LogP) is 3.83. The van der Waals surface area contributed by atoms with Gasteiger partial charge < -0.3 is 5.11 Å². The minimum absolute atomic E-state index is 0.0239. The number of halogens is 3. The van der Waals surface area contributed by atoms with E-state index in [1.807, 2.05) is 0 Å². The van der Waals surface area contributed by atoms with Crippen molar-refractivity contribution >= 4 is 10.8 Å². The van der Waals surface area contributed by atoms with Crippen molar-refractivity contribution in [2.75, 3.05) is 0 Å². The molecule has 0 bridgehead atoms. The van der Waals surface area contributed by atoms with Gasteiger partial charge in [0.2, 0.25) is 0 Å². The molecule has 1 N–H and O–H groups in total. The number of nitrogens with zero attached hydrogens (tertiary/aromatic N) is 1. The number of rotatable bonds is 3. The molecule has 0 aliphatic carbocycles. The highest BCUT2D eigenvalue weighted by molar-refractivity contribution is 5.89. The Balaban J connectivity index is 2.23. The lowest BCUT2D eigenvalue weighted by Gasteiger charge is -2.08. The summed E-state index contributed by atoms with van der Waals surface area (Å²) in [6.45, 7) is 0. The van der Waals surface area contributed by atoms with Crippen molar-refractivity contribution < 1.29 is 18.3 Å². The minimum Gasteiger partial charge on any atom is -0.507 e. The Bertz CT molecular complexity index is 546. The van der Waals surface area contributed by atoms with Crippen molar-refractivity contribution in [2.45, 2.75) is 25.4 Å². The quantitative estimate of drug-likeness (QED) is 0.904. The summed E-state index contributed by atoms with van der Waals surface area (Å²) in [6, 6.07) is 6.72. The van der Waals surface area contributed by atoms with Gasteiger partial charge in [0.15, 0.2) is 0 Å². The number of fused-ring (bicyclic) bond motifs is 1. The number of hydrogen-bond acceptors (Lipinski definition) is 2. The van der Waals surface area contributed by atoms with Crippen LogP contribution in [0.15, 0.2) is 30.5 Å². The van der Waals surface area contributed by atoms with Gasteiger partial charge in [0.05, 0.1) is 5.69 Å². The fourth-order valence-electron chi connectivity index (χ4n) is 1.93. The average Bonchev–Trinajstić information content (AvgIpc) is 2.27.